The van der Waals surface area contributed by atoms with Gasteiger partial charge < -0.3 is 5.32 Å². The van der Waals surface area contributed by atoms with E-state index in [2.05, 4.69) is 16.8 Å². The molecule has 0 radical (unpaired) electrons. The highest BCUT2D eigenvalue weighted by Gasteiger charge is 2.03. The Morgan fingerprint density at radius 3 is 2.91 bits per heavy atom. The molecule has 2 nitrogen and oxygen atoms in total. The normalized spacial score (nSPS) is 14.0. The van der Waals surface area contributed by atoms with Crippen LogP contribution < -0.4 is 5.32 Å². The van der Waals surface area contributed by atoms with E-state index in [1.165, 1.54) is 0 Å². The monoisotopic (exact) mass is 147 g/mol. The van der Waals surface area contributed by atoms with Gasteiger partial charge >= 0.3 is 0 Å². The zero-order chi connectivity index (χ0) is 8.27. The summed E-state index contributed by atoms with van der Waals surface area (Å²) in [5.41, 5.74) is 7.03. The minimum atomic E-state index is -0.120. The zero-order valence-electron chi connectivity index (χ0n) is 6.56. The van der Waals surface area contributed by atoms with Crippen molar-refractivity contribution in [3.63, 3.8) is 0 Å². The minimum absolute atomic E-state index is 0.120. The molecule has 0 aromatic heterocycles. The minimum Gasteiger partial charge on any atom is -0.355 e. The lowest BCUT2D eigenvalue weighted by Crippen LogP contribution is -2.18. The van der Waals surface area contributed by atoms with Crippen LogP contribution in [-0.4, -0.2) is 13.0 Å². The van der Waals surface area contributed by atoms with Crippen LogP contribution in [0.15, 0.2) is 34.8 Å². The Kier molecular flexibility index (Phi) is 2.12. The summed E-state index contributed by atoms with van der Waals surface area (Å²) < 4.78 is 0. The van der Waals surface area contributed by atoms with Crippen molar-refractivity contribution in [2.75, 3.05) is 7.05 Å². The van der Waals surface area contributed by atoms with Gasteiger partial charge in [-0.3, -0.25) is 4.79 Å². The maximum Gasteiger partial charge on any atom is 0.259 e. The molecule has 0 bridgehead atoms. The first kappa shape index (κ1) is 7.62. The molecule has 56 valence electrons. The van der Waals surface area contributed by atoms with Crippen LogP contribution in [0.1, 0.15) is 6.92 Å². The maximum atomic E-state index is 11.0. The van der Waals surface area contributed by atoms with Crippen molar-refractivity contribution in [1.82, 2.24) is 5.32 Å². The van der Waals surface area contributed by atoms with Gasteiger partial charge in [-0.15, -0.1) is 0 Å². The number of likely N-dealkylation sites (N-methyl/N-ethyl adjacent to an activating group) is 1. The fourth-order valence-electron chi connectivity index (χ4n) is 0.790. The molecule has 0 aliphatic heterocycles. The van der Waals surface area contributed by atoms with Gasteiger partial charge in [0.15, 0.2) is 0 Å². The Balaban J connectivity index is 2.99. The largest absolute Gasteiger partial charge is 0.355 e. The van der Waals surface area contributed by atoms with Crippen LogP contribution in [0.2, 0.25) is 0 Å². The molecule has 1 amide bonds. The maximum absolute atomic E-state index is 11.0. The van der Waals surface area contributed by atoms with E-state index in [0.29, 0.717) is 5.57 Å². The molecular formula is C9H9NO. The number of carbonyl (C=O) groups is 1. The van der Waals surface area contributed by atoms with Crippen LogP contribution in [0, 0.1) is 0 Å². The molecule has 0 spiro atoms. The molecule has 1 N–H and O–H groups in total. The lowest BCUT2D eigenvalue weighted by atomic mass is 10.1. The molecule has 1 aliphatic rings. The summed E-state index contributed by atoms with van der Waals surface area (Å²) in [4.78, 5) is 11.0. The Bertz CT molecular complexity index is 310. The van der Waals surface area contributed by atoms with Crippen molar-refractivity contribution in [3.05, 3.63) is 34.8 Å². The summed E-state index contributed by atoms with van der Waals surface area (Å²) in [6.07, 6.45) is 3.56. The SMILES string of the molecule is CNC(=O)C1=C=C=CC(C)=C1. The first-order valence-corrected chi connectivity index (χ1v) is 3.36. The van der Waals surface area contributed by atoms with E-state index in [4.69, 9.17) is 0 Å². The van der Waals surface area contributed by atoms with Crippen LogP contribution in [0.4, 0.5) is 0 Å². The van der Waals surface area contributed by atoms with Crippen LogP contribution in [0.5, 0.6) is 0 Å². The summed E-state index contributed by atoms with van der Waals surface area (Å²) in [5.74, 6) is -0.120. The average Bonchev–Trinajstić information content (AvgIpc) is 2.03. The van der Waals surface area contributed by atoms with Crippen molar-refractivity contribution in [1.29, 1.82) is 0 Å². The van der Waals surface area contributed by atoms with E-state index in [0.717, 1.165) is 5.57 Å². The molecule has 0 unspecified atom stereocenters. The van der Waals surface area contributed by atoms with Gasteiger partial charge in [-0.25, -0.2) is 0 Å². The number of hydrogen-bond donors (Lipinski definition) is 1. The van der Waals surface area contributed by atoms with Gasteiger partial charge in [-0.05, 0) is 24.6 Å². The third-order valence-corrected chi connectivity index (χ3v) is 1.35. The molecule has 0 atom stereocenters. The third kappa shape index (κ3) is 1.71. The standard InChI is InChI=1S/C9H9NO/c1-7-4-3-5-8(6-7)9(11)10-2/h4,6H,1-2H3,(H,10,11). The predicted octanol–water partition coefficient (Wildman–Crippen LogP) is 0.929. The van der Waals surface area contributed by atoms with Gasteiger partial charge in [0.25, 0.3) is 5.91 Å². The van der Waals surface area contributed by atoms with Crippen molar-refractivity contribution in [2.24, 2.45) is 0 Å². The quantitative estimate of drug-likeness (QED) is 0.549. The van der Waals surface area contributed by atoms with E-state index < -0.39 is 0 Å². The lowest BCUT2D eigenvalue weighted by Gasteiger charge is -1.98. The highest BCUT2D eigenvalue weighted by Crippen LogP contribution is 2.05. The van der Waals surface area contributed by atoms with E-state index in [9.17, 15) is 4.79 Å². The number of rotatable bonds is 1. The molecular weight excluding hydrogens is 138 g/mol. The molecule has 0 saturated heterocycles. The fourth-order valence-corrected chi connectivity index (χ4v) is 0.790. The number of carbonyl (C=O) groups excluding carboxylic acids is 1. The second-order valence-electron chi connectivity index (χ2n) is 2.29. The molecule has 1 rings (SSSR count). The molecule has 0 saturated carbocycles. The summed E-state index contributed by atoms with van der Waals surface area (Å²) in [7, 11) is 1.60. The first-order chi connectivity index (χ1) is 5.24. The van der Waals surface area contributed by atoms with Crippen molar-refractivity contribution >= 4 is 5.91 Å². The van der Waals surface area contributed by atoms with E-state index >= 15 is 0 Å². The van der Waals surface area contributed by atoms with E-state index in [1.54, 1.807) is 19.2 Å². The Morgan fingerprint density at radius 1 is 1.64 bits per heavy atom. The second kappa shape index (κ2) is 3.07. The van der Waals surface area contributed by atoms with Crippen LogP contribution in [-0.2, 0) is 4.79 Å². The highest BCUT2D eigenvalue weighted by atomic mass is 16.1. The Labute approximate surface area is 65.6 Å². The third-order valence-electron chi connectivity index (χ3n) is 1.35. The van der Waals surface area contributed by atoms with Gasteiger partial charge in [-0.1, -0.05) is 11.5 Å². The number of amides is 1. The Hall–Kier alpha value is -1.49. The molecule has 0 heterocycles. The molecule has 0 fully saturated rings. The molecule has 11 heavy (non-hydrogen) atoms. The van der Waals surface area contributed by atoms with Gasteiger partial charge in [-0.2, -0.15) is 0 Å². The van der Waals surface area contributed by atoms with Crippen molar-refractivity contribution < 1.29 is 4.79 Å². The summed E-state index contributed by atoms with van der Waals surface area (Å²) in [6.45, 7) is 1.91. The van der Waals surface area contributed by atoms with Crippen LogP contribution >= 0.6 is 0 Å². The summed E-state index contributed by atoms with van der Waals surface area (Å²) in [6, 6.07) is 0. The van der Waals surface area contributed by atoms with Gasteiger partial charge in [0.2, 0.25) is 0 Å². The average molecular weight is 147 g/mol. The van der Waals surface area contributed by atoms with Gasteiger partial charge in [0.05, 0.1) is 5.57 Å². The molecule has 0 aromatic carbocycles. The van der Waals surface area contributed by atoms with Gasteiger partial charge in [0.1, 0.15) is 0 Å². The van der Waals surface area contributed by atoms with Crippen LogP contribution in [0.25, 0.3) is 0 Å². The number of hydrogen-bond acceptors (Lipinski definition) is 1. The summed E-state index contributed by atoms with van der Waals surface area (Å²) >= 11 is 0. The molecule has 2 heteroatoms. The predicted molar refractivity (Wildman–Crippen MR) is 42.9 cm³/mol. The number of nitrogens with one attached hydrogen (secondary N) is 1. The first-order valence-electron chi connectivity index (χ1n) is 3.36. The lowest BCUT2D eigenvalue weighted by molar-refractivity contribution is -0.116. The molecule has 0 aromatic rings. The van der Waals surface area contributed by atoms with Crippen LogP contribution in [0.3, 0.4) is 0 Å². The smallest absolute Gasteiger partial charge is 0.259 e. The fraction of sp³-hybridized carbons (Fsp3) is 0.222. The van der Waals surface area contributed by atoms with E-state index in [-0.39, 0.29) is 5.91 Å². The Morgan fingerprint density at radius 2 is 2.36 bits per heavy atom. The summed E-state index contributed by atoms with van der Waals surface area (Å²) in [5, 5.41) is 2.52. The second-order valence-corrected chi connectivity index (χ2v) is 2.29. The molecule has 1 aliphatic carbocycles. The van der Waals surface area contributed by atoms with Crippen molar-refractivity contribution in [2.45, 2.75) is 6.92 Å². The number of allylic oxidation sites excluding steroid dienone is 2. The zero-order valence-corrected chi connectivity index (χ0v) is 6.56. The van der Waals surface area contributed by atoms with E-state index in [1.807, 2.05) is 6.92 Å². The van der Waals surface area contributed by atoms with Gasteiger partial charge in [0, 0.05) is 7.05 Å². The van der Waals surface area contributed by atoms with Crippen molar-refractivity contribution in [3.8, 4) is 0 Å². The highest BCUT2D eigenvalue weighted by molar-refractivity contribution is 5.96. The topological polar surface area (TPSA) is 29.1 Å².